The summed E-state index contributed by atoms with van der Waals surface area (Å²) in [4.78, 5) is 23.9. The van der Waals surface area contributed by atoms with Crippen molar-refractivity contribution in [2.24, 2.45) is 0 Å². The predicted molar refractivity (Wildman–Crippen MR) is 136 cm³/mol. The monoisotopic (exact) mass is 492 g/mol. The second-order valence-electron chi connectivity index (χ2n) is 8.82. The fourth-order valence-corrected chi connectivity index (χ4v) is 4.49. The van der Waals surface area contributed by atoms with Crippen LogP contribution in [0.25, 0.3) is 11.2 Å². The lowest BCUT2D eigenvalue weighted by molar-refractivity contribution is -0.144. The lowest BCUT2D eigenvalue weighted by atomic mass is 10.0. The molecular weight excluding hydrogens is 462 g/mol. The number of aryl methyl sites for hydroxylation is 3. The summed E-state index contributed by atoms with van der Waals surface area (Å²) in [5.41, 5.74) is 5.41. The minimum atomic E-state index is -1.13. The van der Waals surface area contributed by atoms with Gasteiger partial charge in [-0.3, -0.25) is 0 Å². The van der Waals surface area contributed by atoms with Gasteiger partial charge in [0.25, 0.3) is 0 Å². The van der Waals surface area contributed by atoms with Crippen LogP contribution in [0.3, 0.4) is 0 Å². The highest BCUT2D eigenvalue weighted by molar-refractivity contribution is 5.82. The van der Waals surface area contributed by atoms with Crippen molar-refractivity contribution in [3.05, 3.63) is 88.4 Å². The Balaban J connectivity index is 1.66. The molecule has 0 saturated heterocycles. The average molecular weight is 493 g/mol. The third-order valence-corrected chi connectivity index (χ3v) is 6.25. The molecule has 0 aliphatic carbocycles. The number of hydrogen-bond acceptors (Lipinski definition) is 5. The van der Waals surface area contributed by atoms with Crippen LogP contribution in [0.4, 0.5) is 14.5 Å². The van der Waals surface area contributed by atoms with Gasteiger partial charge in [0.2, 0.25) is 0 Å². The molecule has 2 aromatic heterocycles. The molecule has 2 heterocycles. The minimum Gasteiger partial charge on any atom is -0.464 e. The highest BCUT2D eigenvalue weighted by Gasteiger charge is 2.30. The fraction of sp³-hybridized carbons (Fsp3) is 0.321. The first-order valence-corrected chi connectivity index (χ1v) is 12.0. The van der Waals surface area contributed by atoms with Crippen LogP contribution in [-0.4, -0.2) is 34.2 Å². The highest BCUT2D eigenvalue weighted by atomic mass is 19.1. The molecule has 2 aromatic carbocycles. The van der Waals surface area contributed by atoms with E-state index < -0.39 is 23.6 Å². The van der Waals surface area contributed by atoms with E-state index in [9.17, 15) is 13.6 Å². The molecule has 0 spiro atoms. The largest absolute Gasteiger partial charge is 0.464 e. The summed E-state index contributed by atoms with van der Waals surface area (Å²) in [6.45, 7) is 8.47. The Morgan fingerprint density at radius 1 is 1.06 bits per heavy atom. The summed E-state index contributed by atoms with van der Waals surface area (Å²) in [7, 11) is 1.66. The molecule has 0 fully saturated rings. The number of hydrogen-bond donors (Lipinski definition) is 0. The van der Waals surface area contributed by atoms with Crippen LogP contribution in [-0.2, 0) is 22.5 Å². The van der Waals surface area contributed by atoms with Crippen LogP contribution >= 0.6 is 0 Å². The molecule has 1 unspecified atom stereocenters. The summed E-state index contributed by atoms with van der Waals surface area (Å²) in [6, 6.07) is 11.6. The van der Waals surface area contributed by atoms with Gasteiger partial charge in [-0.05, 0) is 68.3 Å². The highest BCUT2D eigenvalue weighted by Crippen LogP contribution is 2.30. The maximum atomic E-state index is 14.6. The molecule has 0 radical (unpaired) electrons. The van der Waals surface area contributed by atoms with Gasteiger partial charge in [0.05, 0.1) is 13.2 Å². The number of anilines is 1. The standard InChI is InChI=1S/C28H30F2N4O2/c1-6-24-32-25-17(3)14-18(4)31-27(25)34(24)16-19-8-11-21(12-9-19)33(5)26(28(35)36-7-2)22-15-20(29)10-13-23(22)30/h8-15,26H,6-7,16H2,1-5H3. The summed E-state index contributed by atoms with van der Waals surface area (Å²) >= 11 is 0. The third-order valence-electron chi connectivity index (χ3n) is 6.25. The van der Waals surface area contributed by atoms with Crippen LogP contribution in [0.1, 0.15) is 48.1 Å². The SMILES string of the molecule is CCOC(=O)C(c1cc(F)ccc1F)N(C)c1ccc(Cn2c(CC)nc3c(C)cc(C)nc32)cc1. The van der Waals surface area contributed by atoms with Crippen molar-refractivity contribution in [2.45, 2.75) is 46.7 Å². The minimum absolute atomic E-state index is 0.0747. The van der Waals surface area contributed by atoms with E-state index in [0.29, 0.717) is 12.2 Å². The summed E-state index contributed by atoms with van der Waals surface area (Å²) in [5.74, 6) is -0.989. The Kier molecular flexibility index (Phi) is 7.33. The number of rotatable bonds is 8. The van der Waals surface area contributed by atoms with Gasteiger partial charge in [-0.25, -0.2) is 23.5 Å². The zero-order chi connectivity index (χ0) is 26.0. The summed E-state index contributed by atoms with van der Waals surface area (Å²) < 4.78 is 35.9. The van der Waals surface area contributed by atoms with E-state index in [-0.39, 0.29) is 12.2 Å². The number of benzene rings is 2. The average Bonchev–Trinajstić information content (AvgIpc) is 3.19. The second kappa shape index (κ2) is 10.4. The van der Waals surface area contributed by atoms with Crippen molar-refractivity contribution in [1.29, 1.82) is 0 Å². The number of esters is 1. The molecule has 0 aliphatic rings. The second-order valence-corrected chi connectivity index (χ2v) is 8.82. The molecule has 1 atom stereocenters. The Morgan fingerprint density at radius 3 is 2.44 bits per heavy atom. The van der Waals surface area contributed by atoms with Crippen molar-refractivity contribution in [3.8, 4) is 0 Å². The normalized spacial score (nSPS) is 12.1. The van der Waals surface area contributed by atoms with Gasteiger partial charge in [-0.2, -0.15) is 0 Å². The molecular formula is C28H30F2N4O2. The van der Waals surface area contributed by atoms with Gasteiger partial charge in [-0.15, -0.1) is 0 Å². The number of carbonyl (C=O) groups excluding carboxylic acids is 1. The van der Waals surface area contributed by atoms with E-state index in [1.807, 2.05) is 44.2 Å². The van der Waals surface area contributed by atoms with Gasteiger partial charge >= 0.3 is 5.97 Å². The van der Waals surface area contributed by atoms with Crippen LogP contribution in [0.5, 0.6) is 0 Å². The molecule has 36 heavy (non-hydrogen) atoms. The zero-order valence-electron chi connectivity index (χ0n) is 21.2. The Hall–Kier alpha value is -3.81. The van der Waals surface area contributed by atoms with Gasteiger partial charge < -0.3 is 14.2 Å². The number of imidazole rings is 1. The summed E-state index contributed by atoms with van der Waals surface area (Å²) in [5, 5.41) is 0. The molecule has 8 heteroatoms. The lowest BCUT2D eigenvalue weighted by Gasteiger charge is -2.29. The van der Waals surface area contributed by atoms with E-state index in [0.717, 1.165) is 58.4 Å². The number of nitrogens with zero attached hydrogens (tertiary/aromatic N) is 4. The molecule has 0 bridgehead atoms. The number of halogens is 2. The van der Waals surface area contributed by atoms with E-state index in [1.54, 1.807) is 18.9 Å². The van der Waals surface area contributed by atoms with E-state index in [4.69, 9.17) is 14.7 Å². The van der Waals surface area contributed by atoms with E-state index >= 15 is 0 Å². The number of carbonyl (C=O) groups is 1. The smallest absolute Gasteiger partial charge is 0.333 e. The van der Waals surface area contributed by atoms with Crippen molar-refractivity contribution < 1.29 is 18.3 Å². The Morgan fingerprint density at radius 2 is 1.78 bits per heavy atom. The molecule has 0 saturated carbocycles. The Bertz CT molecular complexity index is 1400. The van der Waals surface area contributed by atoms with Crippen molar-refractivity contribution >= 4 is 22.8 Å². The summed E-state index contributed by atoms with van der Waals surface area (Å²) in [6.07, 6.45) is 0.774. The lowest BCUT2D eigenvalue weighted by Crippen LogP contribution is -2.33. The maximum absolute atomic E-state index is 14.6. The topological polar surface area (TPSA) is 60.2 Å². The maximum Gasteiger partial charge on any atom is 0.333 e. The van der Waals surface area contributed by atoms with E-state index in [2.05, 4.69) is 11.5 Å². The number of aromatic nitrogens is 3. The third kappa shape index (κ3) is 4.94. The molecule has 0 aliphatic heterocycles. The first-order valence-electron chi connectivity index (χ1n) is 12.0. The van der Waals surface area contributed by atoms with E-state index in [1.165, 1.54) is 0 Å². The van der Waals surface area contributed by atoms with Gasteiger partial charge in [0, 0.05) is 30.4 Å². The number of ether oxygens (including phenoxy) is 1. The van der Waals surface area contributed by atoms with Crippen molar-refractivity contribution in [3.63, 3.8) is 0 Å². The van der Waals surface area contributed by atoms with Gasteiger partial charge in [-0.1, -0.05) is 19.1 Å². The Labute approximate surface area is 209 Å². The number of likely N-dealkylation sites (N-methyl/N-ethyl adjacent to an activating group) is 1. The molecule has 4 rings (SSSR count). The van der Waals surface area contributed by atoms with Crippen LogP contribution in [0.15, 0.2) is 48.5 Å². The van der Waals surface area contributed by atoms with Crippen LogP contribution < -0.4 is 4.90 Å². The zero-order valence-corrected chi connectivity index (χ0v) is 21.2. The van der Waals surface area contributed by atoms with Gasteiger partial charge in [0.15, 0.2) is 11.7 Å². The van der Waals surface area contributed by atoms with Crippen LogP contribution in [0.2, 0.25) is 0 Å². The molecule has 0 N–H and O–H groups in total. The quantitative estimate of drug-likeness (QED) is 0.296. The van der Waals surface area contributed by atoms with Gasteiger partial charge in [0.1, 0.15) is 23.0 Å². The first-order chi connectivity index (χ1) is 17.2. The fourth-order valence-electron chi connectivity index (χ4n) is 4.49. The molecule has 0 amide bonds. The van der Waals surface area contributed by atoms with Crippen molar-refractivity contribution in [2.75, 3.05) is 18.6 Å². The molecule has 4 aromatic rings. The molecule has 6 nitrogen and oxygen atoms in total. The number of fused-ring (bicyclic) bond motifs is 1. The van der Waals surface area contributed by atoms with Crippen LogP contribution in [0, 0.1) is 25.5 Å². The van der Waals surface area contributed by atoms with Crippen molar-refractivity contribution in [1.82, 2.24) is 14.5 Å². The number of pyridine rings is 1. The predicted octanol–water partition coefficient (Wildman–Crippen LogP) is 5.68. The first kappa shape index (κ1) is 25.3. The molecule has 188 valence electrons.